The van der Waals surface area contributed by atoms with Crippen molar-refractivity contribution in [1.82, 2.24) is 9.88 Å². The summed E-state index contributed by atoms with van der Waals surface area (Å²) < 4.78 is 37.1. The quantitative estimate of drug-likeness (QED) is 0.846. The highest BCUT2D eigenvalue weighted by molar-refractivity contribution is 5.98. The van der Waals surface area contributed by atoms with Crippen LogP contribution in [0.4, 0.5) is 19.0 Å². The molecule has 106 valence electrons. The Morgan fingerprint density at radius 1 is 1.53 bits per heavy atom. The number of nitrogens with zero attached hydrogens (tertiary/aromatic N) is 2. The summed E-state index contributed by atoms with van der Waals surface area (Å²) in [7, 11) is 1.51. The second kappa shape index (κ2) is 6.37. The minimum absolute atomic E-state index is 0.0303. The van der Waals surface area contributed by atoms with Gasteiger partial charge in [-0.2, -0.15) is 13.2 Å². The van der Waals surface area contributed by atoms with Crippen LogP contribution >= 0.6 is 0 Å². The molecule has 1 aromatic rings. The van der Waals surface area contributed by atoms with Crippen molar-refractivity contribution in [1.29, 1.82) is 0 Å². The number of rotatable bonds is 5. The van der Waals surface area contributed by atoms with Gasteiger partial charge in [0.25, 0.3) is 5.91 Å². The summed E-state index contributed by atoms with van der Waals surface area (Å²) >= 11 is 0. The van der Waals surface area contributed by atoms with E-state index in [4.69, 9.17) is 5.11 Å². The van der Waals surface area contributed by atoms with Gasteiger partial charge in [-0.05, 0) is 12.1 Å². The maximum absolute atomic E-state index is 12.4. The fraction of sp³-hybridized carbons (Fsp3) is 0.455. The Labute approximate surface area is 108 Å². The SMILES string of the molecule is CNc1ncccc1C(=O)N(CCO)CC(F)(F)F. The zero-order valence-electron chi connectivity index (χ0n) is 10.2. The maximum atomic E-state index is 12.4. The molecule has 8 heteroatoms. The number of nitrogens with one attached hydrogen (secondary N) is 1. The number of halogens is 3. The highest BCUT2D eigenvalue weighted by atomic mass is 19.4. The van der Waals surface area contributed by atoms with Crippen molar-refractivity contribution < 1.29 is 23.1 Å². The van der Waals surface area contributed by atoms with Crippen molar-refractivity contribution in [3.63, 3.8) is 0 Å². The van der Waals surface area contributed by atoms with E-state index in [0.717, 1.165) is 0 Å². The number of aliphatic hydroxyl groups is 1. The lowest BCUT2D eigenvalue weighted by Gasteiger charge is -2.23. The van der Waals surface area contributed by atoms with Crippen LogP contribution in [0.5, 0.6) is 0 Å². The smallest absolute Gasteiger partial charge is 0.395 e. The van der Waals surface area contributed by atoms with E-state index in [-0.39, 0.29) is 11.4 Å². The lowest BCUT2D eigenvalue weighted by Crippen LogP contribution is -2.41. The summed E-state index contributed by atoms with van der Waals surface area (Å²) in [6, 6.07) is 2.83. The molecule has 1 aromatic heterocycles. The normalized spacial score (nSPS) is 11.2. The van der Waals surface area contributed by atoms with Gasteiger partial charge in [-0.25, -0.2) is 4.98 Å². The Balaban J connectivity index is 2.99. The van der Waals surface area contributed by atoms with Crippen LogP contribution in [0.3, 0.4) is 0 Å². The molecule has 0 aliphatic rings. The molecule has 0 spiro atoms. The van der Waals surface area contributed by atoms with E-state index in [1.54, 1.807) is 0 Å². The van der Waals surface area contributed by atoms with Gasteiger partial charge in [-0.1, -0.05) is 0 Å². The minimum atomic E-state index is -4.52. The van der Waals surface area contributed by atoms with Crippen molar-refractivity contribution in [3.05, 3.63) is 23.9 Å². The summed E-state index contributed by atoms with van der Waals surface area (Å²) in [6.45, 7) is -2.35. The van der Waals surface area contributed by atoms with Gasteiger partial charge in [0.05, 0.1) is 12.2 Å². The van der Waals surface area contributed by atoms with Gasteiger partial charge in [0.1, 0.15) is 12.4 Å². The van der Waals surface area contributed by atoms with E-state index in [9.17, 15) is 18.0 Å². The predicted octanol–water partition coefficient (Wildman–Crippen LogP) is 1.12. The molecule has 5 nitrogen and oxygen atoms in total. The molecule has 0 aromatic carbocycles. The number of carbonyl (C=O) groups is 1. The number of hydrogen-bond acceptors (Lipinski definition) is 4. The van der Waals surface area contributed by atoms with E-state index in [1.165, 1.54) is 25.4 Å². The molecule has 0 bridgehead atoms. The van der Waals surface area contributed by atoms with Crippen molar-refractivity contribution in [3.8, 4) is 0 Å². The Bertz CT molecular complexity index is 437. The van der Waals surface area contributed by atoms with E-state index in [2.05, 4.69) is 10.3 Å². The molecule has 0 fully saturated rings. The van der Waals surface area contributed by atoms with Crippen LogP contribution in [-0.2, 0) is 0 Å². The van der Waals surface area contributed by atoms with Crippen LogP contribution in [-0.4, -0.2) is 53.8 Å². The molecule has 0 aliphatic carbocycles. The first-order chi connectivity index (χ1) is 8.89. The molecule has 19 heavy (non-hydrogen) atoms. The average Bonchev–Trinajstić information content (AvgIpc) is 2.36. The number of carbonyl (C=O) groups excluding carboxylic acids is 1. The Kier molecular flexibility index (Phi) is 5.11. The van der Waals surface area contributed by atoms with E-state index in [0.29, 0.717) is 4.90 Å². The van der Waals surface area contributed by atoms with Gasteiger partial charge in [0, 0.05) is 19.8 Å². The van der Waals surface area contributed by atoms with Gasteiger partial charge in [-0.3, -0.25) is 4.79 Å². The molecule has 0 unspecified atom stereocenters. The van der Waals surface area contributed by atoms with Crippen LogP contribution in [0.25, 0.3) is 0 Å². The van der Waals surface area contributed by atoms with Crippen LogP contribution in [0.2, 0.25) is 0 Å². The molecule has 0 atom stereocenters. The first-order valence-corrected chi connectivity index (χ1v) is 5.48. The van der Waals surface area contributed by atoms with Gasteiger partial charge >= 0.3 is 6.18 Å². The summed E-state index contributed by atoms with van der Waals surface area (Å²) in [4.78, 5) is 16.4. The molecule has 1 rings (SSSR count). The monoisotopic (exact) mass is 277 g/mol. The third-order valence-corrected chi connectivity index (χ3v) is 2.30. The van der Waals surface area contributed by atoms with Crippen LogP contribution in [0.15, 0.2) is 18.3 Å². The molecule has 1 heterocycles. The third kappa shape index (κ3) is 4.40. The zero-order valence-corrected chi connectivity index (χ0v) is 10.2. The van der Waals surface area contributed by atoms with Gasteiger partial charge < -0.3 is 15.3 Å². The summed E-state index contributed by atoms with van der Waals surface area (Å²) in [5, 5.41) is 11.4. The molecule has 2 N–H and O–H groups in total. The molecular formula is C11H14F3N3O2. The second-order valence-corrected chi connectivity index (χ2v) is 3.72. The third-order valence-electron chi connectivity index (χ3n) is 2.30. The molecule has 0 saturated carbocycles. The standard InChI is InChI=1S/C11H14F3N3O2/c1-15-9-8(3-2-4-16-9)10(19)17(5-6-18)7-11(12,13)14/h2-4,18H,5-7H2,1H3,(H,15,16). The first kappa shape index (κ1) is 15.2. The van der Waals surface area contributed by atoms with Crippen molar-refractivity contribution in [2.75, 3.05) is 32.1 Å². The van der Waals surface area contributed by atoms with Crippen LogP contribution < -0.4 is 5.32 Å². The predicted molar refractivity (Wildman–Crippen MR) is 62.8 cm³/mol. The second-order valence-electron chi connectivity index (χ2n) is 3.72. The van der Waals surface area contributed by atoms with Gasteiger partial charge in [0.2, 0.25) is 0 Å². The molecule has 0 radical (unpaired) electrons. The first-order valence-electron chi connectivity index (χ1n) is 5.48. The van der Waals surface area contributed by atoms with E-state index < -0.39 is 31.8 Å². The highest BCUT2D eigenvalue weighted by Gasteiger charge is 2.33. The average molecular weight is 277 g/mol. The van der Waals surface area contributed by atoms with Gasteiger partial charge in [0.15, 0.2) is 0 Å². The fourth-order valence-electron chi connectivity index (χ4n) is 1.54. The van der Waals surface area contributed by atoms with Crippen molar-refractivity contribution in [2.45, 2.75) is 6.18 Å². The van der Waals surface area contributed by atoms with Gasteiger partial charge in [-0.15, -0.1) is 0 Å². The van der Waals surface area contributed by atoms with Crippen molar-refractivity contribution >= 4 is 11.7 Å². The van der Waals surface area contributed by atoms with E-state index >= 15 is 0 Å². The number of alkyl halides is 3. The molecule has 0 aliphatic heterocycles. The number of aromatic nitrogens is 1. The number of hydrogen-bond donors (Lipinski definition) is 2. The zero-order chi connectivity index (χ0) is 14.5. The van der Waals surface area contributed by atoms with Crippen LogP contribution in [0.1, 0.15) is 10.4 Å². The number of aliphatic hydroxyl groups excluding tert-OH is 1. The Hall–Kier alpha value is -1.83. The molecule has 1 amide bonds. The molecule has 0 saturated heterocycles. The lowest BCUT2D eigenvalue weighted by atomic mass is 10.2. The van der Waals surface area contributed by atoms with Crippen molar-refractivity contribution in [2.24, 2.45) is 0 Å². The minimum Gasteiger partial charge on any atom is -0.395 e. The highest BCUT2D eigenvalue weighted by Crippen LogP contribution is 2.20. The number of anilines is 1. The summed E-state index contributed by atoms with van der Waals surface area (Å²) in [5.41, 5.74) is 0.0303. The van der Waals surface area contributed by atoms with E-state index in [1.807, 2.05) is 0 Å². The van der Waals surface area contributed by atoms with Crippen LogP contribution in [0, 0.1) is 0 Å². The topological polar surface area (TPSA) is 65.5 Å². The Morgan fingerprint density at radius 2 is 2.21 bits per heavy atom. The lowest BCUT2D eigenvalue weighted by molar-refractivity contribution is -0.141. The maximum Gasteiger partial charge on any atom is 0.406 e. The Morgan fingerprint density at radius 3 is 2.74 bits per heavy atom. The number of pyridine rings is 1. The summed E-state index contributed by atoms with van der Waals surface area (Å²) in [6.07, 6.45) is -3.10. The molecular weight excluding hydrogens is 263 g/mol. The largest absolute Gasteiger partial charge is 0.406 e. The fourth-order valence-corrected chi connectivity index (χ4v) is 1.54. The summed E-state index contributed by atoms with van der Waals surface area (Å²) in [5.74, 6) is -0.638. The number of amides is 1.